The molecule has 1 aliphatic rings. The molecule has 6 nitrogen and oxygen atoms in total. The number of pyridine rings is 1. The summed E-state index contributed by atoms with van der Waals surface area (Å²) >= 11 is 1.48. The molecule has 0 spiro atoms. The number of rotatable bonds is 5. The van der Waals surface area contributed by atoms with Gasteiger partial charge in [0.25, 0.3) is 5.91 Å². The van der Waals surface area contributed by atoms with Crippen LogP contribution in [0.2, 0.25) is 0 Å². The molecule has 0 radical (unpaired) electrons. The number of benzene rings is 2. The molecule has 2 aromatic carbocycles. The maximum atomic E-state index is 13.1. The first-order valence-corrected chi connectivity index (χ1v) is 11.6. The summed E-state index contributed by atoms with van der Waals surface area (Å²) in [6.45, 7) is 0.935. The van der Waals surface area contributed by atoms with Crippen LogP contribution >= 0.6 is 11.8 Å². The van der Waals surface area contributed by atoms with Crippen molar-refractivity contribution in [1.82, 2.24) is 19.7 Å². The van der Waals surface area contributed by atoms with Crippen LogP contribution in [0.25, 0.3) is 11.4 Å². The largest absolute Gasteiger partial charge is 0.322 e. The molecule has 0 saturated carbocycles. The number of nitrogens with zero attached hydrogens (tertiary/aromatic N) is 4. The van der Waals surface area contributed by atoms with E-state index >= 15 is 0 Å². The molecule has 0 atom stereocenters. The molecule has 1 N–H and O–H groups in total. The van der Waals surface area contributed by atoms with Crippen LogP contribution in [-0.4, -0.2) is 25.7 Å². The predicted molar refractivity (Wildman–Crippen MR) is 126 cm³/mol. The molecule has 2 aromatic heterocycles. The van der Waals surface area contributed by atoms with Crippen molar-refractivity contribution in [2.24, 2.45) is 0 Å². The van der Waals surface area contributed by atoms with Crippen molar-refractivity contribution in [3.05, 3.63) is 84.3 Å². The van der Waals surface area contributed by atoms with Gasteiger partial charge in [-0.05, 0) is 49.2 Å². The third kappa shape index (κ3) is 4.43. The highest BCUT2D eigenvalue weighted by Crippen LogP contribution is 2.29. The summed E-state index contributed by atoms with van der Waals surface area (Å²) < 4.78 is 2.21. The standard InChI is InChI=1S/C25H23N5OS/c31-24(21-13-8-15-26-25(21)32-20-11-3-1-4-12-20)27-19-10-7-9-18(17-19)23-29-28-22-14-5-2-6-16-30(22)23/h1,3-4,7-13,15,17H,2,5-6,14,16H2,(H,27,31). The van der Waals surface area contributed by atoms with Crippen LogP contribution in [0.1, 0.15) is 35.4 Å². The van der Waals surface area contributed by atoms with Crippen LogP contribution in [-0.2, 0) is 13.0 Å². The van der Waals surface area contributed by atoms with Gasteiger partial charge in [0, 0.05) is 35.3 Å². The van der Waals surface area contributed by atoms with Gasteiger partial charge in [0.2, 0.25) is 0 Å². The minimum Gasteiger partial charge on any atom is -0.322 e. The lowest BCUT2D eigenvalue weighted by Crippen LogP contribution is -2.13. The second-order valence-electron chi connectivity index (χ2n) is 7.71. The van der Waals surface area contributed by atoms with Gasteiger partial charge in [-0.2, -0.15) is 0 Å². The third-order valence-corrected chi connectivity index (χ3v) is 6.49. The van der Waals surface area contributed by atoms with E-state index in [9.17, 15) is 4.79 Å². The number of nitrogens with one attached hydrogen (secondary N) is 1. The molecule has 1 amide bonds. The number of aryl methyl sites for hydroxylation is 1. The molecule has 160 valence electrons. The van der Waals surface area contributed by atoms with Crippen LogP contribution in [0, 0.1) is 0 Å². The summed E-state index contributed by atoms with van der Waals surface area (Å²) in [5, 5.41) is 12.5. The fourth-order valence-electron chi connectivity index (χ4n) is 3.88. The number of hydrogen-bond donors (Lipinski definition) is 1. The van der Waals surface area contributed by atoms with E-state index in [1.807, 2.05) is 54.6 Å². The fraction of sp³-hybridized carbons (Fsp3) is 0.200. The summed E-state index contributed by atoms with van der Waals surface area (Å²) in [4.78, 5) is 18.6. The average molecular weight is 442 g/mol. The number of aromatic nitrogens is 4. The Hall–Kier alpha value is -3.45. The van der Waals surface area contributed by atoms with Crippen LogP contribution in [0.3, 0.4) is 0 Å². The predicted octanol–water partition coefficient (Wildman–Crippen LogP) is 5.47. The topological polar surface area (TPSA) is 72.7 Å². The quantitative estimate of drug-likeness (QED) is 0.445. The van der Waals surface area contributed by atoms with E-state index in [1.165, 1.54) is 18.2 Å². The summed E-state index contributed by atoms with van der Waals surface area (Å²) in [5.74, 6) is 1.72. The number of fused-ring (bicyclic) bond motifs is 1. The van der Waals surface area contributed by atoms with Gasteiger partial charge in [-0.25, -0.2) is 4.98 Å². The van der Waals surface area contributed by atoms with E-state index in [4.69, 9.17) is 0 Å². The van der Waals surface area contributed by atoms with E-state index in [-0.39, 0.29) is 5.91 Å². The Kier molecular flexibility index (Phi) is 5.98. The molecule has 0 fully saturated rings. The monoisotopic (exact) mass is 441 g/mol. The van der Waals surface area contributed by atoms with Gasteiger partial charge < -0.3 is 9.88 Å². The highest BCUT2D eigenvalue weighted by molar-refractivity contribution is 7.99. The second-order valence-corrected chi connectivity index (χ2v) is 8.77. The average Bonchev–Trinajstić information content (AvgIpc) is 3.08. The highest BCUT2D eigenvalue weighted by Gasteiger charge is 2.17. The first kappa shape index (κ1) is 20.5. The van der Waals surface area contributed by atoms with Crippen molar-refractivity contribution in [3.63, 3.8) is 0 Å². The Bertz CT molecular complexity index is 1240. The third-order valence-electron chi connectivity index (χ3n) is 5.46. The van der Waals surface area contributed by atoms with Gasteiger partial charge >= 0.3 is 0 Å². The normalized spacial score (nSPS) is 13.2. The van der Waals surface area contributed by atoms with Gasteiger partial charge in [0.05, 0.1) is 5.56 Å². The fourth-order valence-corrected chi connectivity index (χ4v) is 4.78. The molecule has 1 aliphatic heterocycles. The van der Waals surface area contributed by atoms with Crippen LogP contribution < -0.4 is 5.32 Å². The molecule has 0 saturated heterocycles. The molecule has 3 heterocycles. The van der Waals surface area contributed by atoms with Gasteiger partial charge in [-0.15, -0.1) is 10.2 Å². The molecular weight excluding hydrogens is 418 g/mol. The Morgan fingerprint density at radius 2 is 1.84 bits per heavy atom. The number of amides is 1. The maximum Gasteiger partial charge on any atom is 0.258 e. The van der Waals surface area contributed by atoms with Crippen molar-refractivity contribution >= 4 is 23.4 Å². The van der Waals surface area contributed by atoms with Crippen molar-refractivity contribution in [2.45, 2.75) is 42.1 Å². The lowest BCUT2D eigenvalue weighted by Gasteiger charge is -2.11. The van der Waals surface area contributed by atoms with Crippen LogP contribution in [0.5, 0.6) is 0 Å². The lowest BCUT2D eigenvalue weighted by molar-refractivity contribution is 0.102. The SMILES string of the molecule is O=C(Nc1cccc(-c2nnc3n2CCCCC3)c1)c1cccnc1Sc1ccccc1. The number of carbonyl (C=O) groups excluding carboxylic acids is 1. The minimum atomic E-state index is -0.186. The molecule has 0 aliphatic carbocycles. The van der Waals surface area contributed by atoms with Crippen molar-refractivity contribution < 1.29 is 4.79 Å². The number of carbonyl (C=O) groups is 1. The van der Waals surface area contributed by atoms with Crippen molar-refractivity contribution in [1.29, 1.82) is 0 Å². The summed E-state index contributed by atoms with van der Waals surface area (Å²) in [5.41, 5.74) is 2.22. The van der Waals surface area contributed by atoms with E-state index in [0.29, 0.717) is 10.6 Å². The first-order valence-electron chi connectivity index (χ1n) is 10.8. The van der Waals surface area contributed by atoms with Crippen LogP contribution in [0.15, 0.2) is 82.8 Å². The Morgan fingerprint density at radius 1 is 0.938 bits per heavy atom. The summed E-state index contributed by atoms with van der Waals surface area (Å²) in [6.07, 6.45) is 6.18. The van der Waals surface area contributed by atoms with E-state index in [1.54, 1.807) is 18.3 Å². The van der Waals surface area contributed by atoms with Crippen molar-refractivity contribution in [3.8, 4) is 11.4 Å². The van der Waals surface area contributed by atoms with Gasteiger partial charge in [-0.1, -0.05) is 48.5 Å². The van der Waals surface area contributed by atoms with Gasteiger partial charge in [0.1, 0.15) is 10.9 Å². The molecular formula is C25H23N5OS. The summed E-state index contributed by atoms with van der Waals surface area (Å²) in [7, 11) is 0. The first-order chi connectivity index (χ1) is 15.8. The van der Waals surface area contributed by atoms with Gasteiger partial charge in [0.15, 0.2) is 5.82 Å². The zero-order chi connectivity index (χ0) is 21.8. The zero-order valence-corrected chi connectivity index (χ0v) is 18.4. The van der Waals surface area contributed by atoms with E-state index in [2.05, 4.69) is 25.1 Å². The van der Waals surface area contributed by atoms with Gasteiger partial charge in [-0.3, -0.25) is 4.79 Å². The lowest BCUT2D eigenvalue weighted by atomic mass is 10.1. The second kappa shape index (κ2) is 9.36. The molecule has 5 rings (SSSR count). The Balaban J connectivity index is 1.38. The minimum absolute atomic E-state index is 0.186. The Morgan fingerprint density at radius 3 is 2.75 bits per heavy atom. The van der Waals surface area contributed by atoms with Crippen LogP contribution in [0.4, 0.5) is 5.69 Å². The molecule has 7 heteroatoms. The molecule has 0 bridgehead atoms. The molecule has 4 aromatic rings. The number of anilines is 1. The zero-order valence-electron chi connectivity index (χ0n) is 17.6. The van der Waals surface area contributed by atoms with E-state index in [0.717, 1.165) is 53.6 Å². The van der Waals surface area contributed by atoms with Crippen molar-refractivity contribution in [2.75, 3.05) is 5.32 Å². The molecule has 0 unspecified atom stereocenters. The molecule has 32 heavy (non-hydrogen) atoms. The van der Waals surface area contributed by atoms with E-state index < -0.39 is 0 Å². The number of hydrogen-bond acceptors (Lipinski definition) is 5. The summed E-state index contributed by atoms with van der Waals surface area (Å²) in [6, 6.07) is 21.3. The highest BCUT2D eigenvalue weighted by atomic mass is 32.2. The Labute approximate surface area is 191 Å². The smallest absolute Gasteiger partial charge is 0.258 e. The maximum absolute atomic E-state index is 13.1.